The van der Waals surface area contributed by atoms with Gasteiger partial charge in [-0.1, -0.05) is 12.1 Å². The molecule has 7 nitrogen and oxygen atoms in total. The number of aryl methyl sites for hydroxylation is 1. The molecule has 0 unspecified atom stereocenters. The predicted molar refractivity (Wildman–Crippen MR) is 103 cm³/mol. The smallest absolute Gasteiger partial charge is 0.285 e. The molecule has 0 atom stereocenters. The molecule has 0 radical (unpaired) electrons. The Morgan fingerprint density at radius 3 is 2.70 bits per heavy atom. The van der Waals surface area contributed by atoms with Crippen molar-refractivity contribution in [3.8, 4) is 0 Å². The summed E-state index contributed by atoms with van der Waals surface area (Å²) in [7, 11) is -1.85. The van der Waals surface area contributed by atoms with E-state index in [1.54, 1.807) is 36.0 Å². The number of rotatable bonds is 2. The molecule has 1 fully saturated rings. The first-order valence-corrected chi connectivity index (χ1v) is 10.5. The Labute approximate surface area is 158 Å². The molecule has 0 N–H and O–H groups in total. The fourth-order valence-electron chi connectivity index (χ4n) is 3.60. The van der Waals surface area contributed by atoms with Gasteiger partial charge in [0.15, 0.2) is 5.84 Å². The van der Waals surface area contributed by atoms with Crippen molar-refractivity contribution >= 4 is 15.9 Å². The lowest BCUT2D eigenvalue weighted by molar-refractivity contribution is 0.277. The summed E-state index contributed by atoms with van der Waals surface area (Å²) in [5.74, 6) is 0.557. The van der Waals surface area contributed by atoms with Crippen LogP contribution in [0, 0.1) is 0 Å². The molecule has 0 amide bonds. The minimum Gasteiger partial charge on any atom is -0.354 e. The molecule has 2 aliphatic rings. The molecule has 27 heavy (non-hydrogen) atoms. The van der Waals surface area contributed by atoms with Crippen molar-refractivity contribution in [2.24, 2.45) is 11.4 Å². The number of hydrogen-bond acceptors (Lipinski definition) is 5. The zero-order valence-electron chi connectivity index (χ0n) is 15.2. The molecule has 1 saturated heterocycles. The molecule has 0 bridgehead atoms. The van der Waals surface area contributed by atoms with Gasteiger partial charge in [-0.05, 0) is 30.2 Å². The summed E-state index contributed by atoms with van der Waals surface area (Å²) in [5, 5.41) is 0. The number of pyridine rings is 1. The van der Waals surface area contributed by atoms with Crippen LogP contribution in [-0.4, -0.2) is 54.8 Å². The van der Waals surface area contributed by atoms with Gasteiger partial charge in [0.1, 0.15) is 4.90 Å². The molecule has 2 aromatic rings. The Hall–Kier alpha value is -2.45. The van der Waals surface area contributed by atoms with Crippen molar-refractivity contribution in [1.29, 1.82) is 0 Å². The molecule has 1 aromatic heterocycles. The van der Waals surface area contributed by atoms with E-state index in [2.05, 4.69) is 14.2 Å². The van der Waals surface area contributed by atoms with Crippen LogP contribution in [0.4, 0.5) is 0 Å². The van der Waals surface area contributed by atoms with Crippen LogP contribution >= 0.6 is 0 Å². The third-order valence-electron chi connectivity index (χ3n) is 5.08. The summed E-state index contributed by atoms with van der Waals surface area (Å²) in [4.78, 5) is 16.5. The van der Waals surface area contributed by atoms with Gasteiger partial charge < -0.3 is 9.47 Å². The Bertz CT molecular complexity index is 1060. The molecule has 0 saturated carbocycles. The van der Waals surface area contributed by atoms with Crippen molar-refractivity contribution in [3.63, 3.8) is 0 Å². The molecular weight excluding hydrogens is 364 g/mol. The summed E-state index contributed by atoms with van der Waals surface area (Å²) in [5.41, 5.74) is 1.68. The fraction of sp³-hybridized carbons (Fsp3) is 0.368. The largest absolute Gasteiger partial charge is 0.354 e. The number of nitrogens with zero attached hydrogens (tertiary/aromatic N) is 4. The standard InChI is InChI=1S/C19H22N4O3S/c1-21-10-7-15(13-18(21)24)14-22-8-4-9-23(12-11-22)19-16-5-2-3-6-17(16)27(25,26)20-19/h2-3,5-7,10,13H,4,8-9,11-12,14H2,1H3. The van der Waals surface area contributed by atoms with E-state index in [1.165, 1.54) is 0 Å². The van der Waals surface area contributed by atoms with Gasteiger partial charge in [0, 0.05) is 57.6 Å². The predicted octanol–water partition coefficient (Wildman–Crippen LogP) is 1.04. The van der Waals surface area contributed by atoms with Gasteiger partial charge in [0.2, 0.25) is 0 Å². The summed E-state index contributed by atoms with van der Waals surface area (Å²) in [6.07, 6.45) is 2.70. The van der Waals surface area contributed by atoms with Crippen molar-refractivity contribution in [3.05, 3.63) is 64.1 Å². The van der Waals surface area contributed by atoms with E-state index >= 15 is 0 Å². The molecule has 0 spiro atoms. The molecule has 0 aliphatic carbocycles. The summed E-state index contributed by atoms with van der Waals surface area (Å²) in [6.45, 7) is 3.86. The number of sulfonamides is 1. The molecule has 142 valence electrons. The highest BCUT2D eigenvalue weighted by Gasteiger charge is 2.32. The average molecular weight is 386 g/mol. The average Bonchev–Trinajstić information content (AvgIpc) is 2.79. The number of amidine groups is 1. The van der Waals surface area contributed by atoms with E-state index in [9.17, 15) is 13.2 Å². The van der Waals surface area contributed by atoms with Crippen molar-refractivity contribution < 1.29 is 8.42 Å². The van der Waals surface area contributed by atoms with E-state index in [-0.39, 0.29) is 5.56 Å². The molecule has 1 aromatic carbocycles. The van der Waals surface area contributed by atoms with Gasteiger partial charge in [-0.2, -0.15) is 8.42 Å². The van der Waals surface area contributed by atoms with Crippen LogP contribution in [-0.2, 0) is 23.6 Å². The van der Waals surface area contributed by atoms with Gasteiger partial charge >= 0.3 is 0 Å². The second-order valence-electron chi connectivity index (χ2n) is 6.99. The minimum absolute atomic E-state index is 0.00827. The highest BCUT2D eigenvalue weighted by Crippen LogP contribution is 2.27. The summed E-state index contributed by atoms with van der Waals surface area (Å²) in [6, 6.07) is 10.6. The molecule has 4 rings (SSSR count). The van der Waals surface area contributed by atoms with Gasteiger partial charge in [-0.3, -0.25) is 9.69 Å². The van der Waals surface area contributed by atoms with E-state index < -0.39 is 10.0 Å². The Morgan fingerprint density at radius 2 is 1.89 bits per heavy atom. The molecule has 2 aliphatic heterocycles. The lowest BCUT2D eigenvalue weighted by atomic mass is 10.2. The van der Waals surface area contributed by atoms with Crippen LogP contribution < -0.4 is 5.56 Å². The van der Waals surface area contributed by atoms with Crippen molar-refractivity contribution in [2.45, 2.75) is 17.9 Å². The zero-order valence-corrected chi connectivity index (χ0v) is 16.0. The summed E-state index contributed by atoms with van der Waals surface area (Å²) < 4.78 is 30.2. The molecule has 8 heteroatoms. The minimum atomic E-state index is -3.59. The SMILES string of the molecule is Cn1ccc(CN2CCCN(C3=NS(=O)(=O)c4ccccc43)CC2)cc1=O. The fourth-order valence-corrected chi connectivity index (χ4v) is 4.83. The van der Waals surface area contributed by atoms with E-state index in [0.717, 1.165) is 31.6 Å². The van der Waals surface area contributed by atoms with Crippen LogP contribution in [0.15, 0.2) is 56.7 Å². The summed E-state index contributed by atoms with van der Waals surface area (Å²) >= 11 is 0. The maximum Gasteiger partial charge on any atom is 0.285 e. The second-order valence-corrected chi connectivity index (χ2v) is 8.56. The van der Waals surface area contributed by atoms with E-state index in [0.29, 0.717) is 29.4 Å². The quantitative estimate of drug-likeness (QED) is 0.771. The third-order valence-corrected chi connectivity index (χ3v) is 6.40. The Morgan fingerprint density at radius 1 is 1.07 bits per heavy atom. The lowest BCUT2D eigenvalue weighted by Gasteiger charge is -2.23. The second kappa shape index (κ2) is 6.94. The third kappa shape index (κ3) is 3.54. The zero-order chi connectivity index (χ0) is 19.0. The highest BCUT2D eigenvalue weighted by atomic mass is 32.2. The van der Waals surface area contributed by atoms with Crippen LogP contribution in [0.5, 0.6) is 0 Å². The number of benzene rings is 1. The van der Waals surface area contributed by atoms with Crippen LogP contribution in [0.2, 0.25) is 0 Å². The van der Waals surface area contributed by atoms with Gasteiger partial charge in [0.25, 0.3) is 15.6 Å². The lowest BCUT2D eigenvalue weighted by Crippen LogP contribution is -2.35. The van der Waals surface area contributed by atoms with Crippen LogP contribution in [0.3, 0.4) is 0 Å². The Balaban J connectivity index is 1.49. The highest BCUT2D eigenvalue weighted by molar-refractivity contribution is 7.90. The normalized spacial score (nSPS) is 19.4. The molecule has 3 heterocycles. The van der Waals surface area contributed by atoms with Crippen molar-refractivity contribution in [2.75, 3.05) is 26.2 Å². The first-order chi connectivity index (χ1) is 12.9. The monoisotopic (exact) mass is 386 g/mol. The number of hydrogen-bond donors (Lipinski definition) is 0. The first-order valence-electron chi connectivity index (χ1n) is 9.01. The maximum atomic E-state index is 12.3. The van der Waals surface area contributed by atoms with Gasteiger partial charge in [-0.25, -0.2) is 0 Å². The topological polar surface area (TPSA) is 75.0 Å². The number of aromatic nitrogens is 1. The van der Waals surface area contributed by atoms with Crippen molar-refractivity contribution in [1.82, 2.24) is 14.4 Å². The van der Waals surface area contributed by atoms with E-state index in [1.807, 2.05) is 18.2 Å². The van der Waals surface area contributed by atoms with E-state index in [4.69, 9.17) is 0 Å². The first kappa shape index (κ1) is 17.9. The Kier molecular flexibility index (Phi) is 4.61. The van der Waals surface area contributed by atoms with Crippen LogP contribution in [0.25, 0.3) is 0 Å². The molecular formula is C19H22N4O3S. The van der Waals surface area contributed by atoms with Gasteiger partial charge in [-0.15, -0.1) is 4.40 Å². The maximum absolute atomic E-state index is 12.3. The van der Waals surface area contributed by atoms with Gasteiger partial charge in [0.05, 0.1) is 0 Å². The van der Waals surface area contributed by atoms with Crippen LogP contribution in [0.1, 0.15) is 17.5 Å². The number of fused-ring (bicyclic) bond motifs is 1.